The van der Waals surface area contributed by atoms with Crippen LogP contribution in [0, 0.1) is 0 Å². The summed E-state index contributed by atoms with van der Waals surface area (Å²) < 4.78 is 0. The van der Waals surface area contributed by atoms with Crippen molar-refractivity contribution >= 4 is 5.97 Å². The summed E-state index contributed by atoms with van der Waals surface area (Å²) in [7, 11) is 0. The number of hydrogen-bond donors (Lipinski definition) is 2. The molecule has 0 aliphatic carbocycles. The molecule has 0 rings (SSSR count). The second-order valence-electron chi connectivity index (χ2n) is 3.52. The maximum atomic E-state index is 10.5. The van der Waals surface area contributed by atoms with Gasteiger partial charge in [0.1, 0.15) is 6.04 Å². The summed E-state index contributed by atoms with van der Waals surface area (Å²) in [6.07, 6.45) is 2.87. The average Bonchev–Trinajstić information content (AvgIpc) is 2.17. The minimum absolute atomic E-state index is 0.535. The minimum Gasteiger partial charge on any atom is -0.480 e. The topological polar surface area (TPSA) is 66.6 Å². The van der Waals surface area contributed by atoms with Gasteiger partial charge in [0.05, 0.1) is 0 Å². The second kappa shape index (κ2) is 7.76. The summed E-state index contributed by atoms with van der Waals surface area (Å²) in [6, 6.07) is -0.717. The standard InChI is InChI=1S/C10H22N2O2/c1-3-5-7-12(4-2)8-6-9(11)10(13)14/h9H,3-8,11H2,1-2H3,(H,13,14). The van der Waals surface area contributed by atoms with Gasteiger partial charge in [-0.25, -0.2) is 0 Å². The molecule has 4 heteroatoms. The molecule has 1 unspecified atom stereocenters. The first-order valence-electron chi connectivity index (χ1n) is 5.32. The van der Waals surface area contributed by atoms with Crippen LogP contribution in [-0.4, -0.2) is 41.7 Å². The van der Waals surface area contributed by atoms with Crippen LogP contribution >= 0.6 is 0 Å². The van der Waals surface area contributed by atoms with Crippen LogP contribution in [0.1, 0.15) is 33.1 Å². The van der Waals surface area contributed by atoms with E-state index >= 15 is 0 Å². The monoisotopic (exact) mass is 202 g/mol. The van der Waals surface area contributed by atoms with Crippen molar-refractivity contribution in [2.24, 2.45) is 5.73 Å². The number of carbonyl (C=O) groups is 1. The van der Waals surface area contributed by atoms with Crippen molar-refractivity contribution in [3.63, 3.8) is 0 Å². The molecule has 4 nitrogen and oxygen atoms in total. The maximum absolute atomic E-state index is 10.5. The summed E-state index contributed by atoms with van der Waals surface area (Å²) in [5.74, 6) is -0.906. The molecule has 0 aromatic carbocycles. The molecule has 0 heterocycles. The Labute approximate surface area is 86.1 Å². The normalized spacial score (nSPS) is 13.1. The van der Waals surface area contributed by atoms with Gasteiger partial charge in [-0.05, 0) is 25.9 Å². The molecule has 0 radical (unpaired) electrons. The Morgan fingerprint density at radius 2 is 2.07 bits per heavy atom. The highest BCUT2D eigenvalue weighted by Crippen LogP contribution is 1.98. The van der Waals surface area contributed by atoms with Gasteiger partial charge in [0.2, 0.25) is 0 Å². The Hall–Kier alpha value is -0.610. The molecular formula is C10H22N2O2. The predicted octanol–water partition coefficient (Wildman–Crippen LogP) is 0.910. The van der Waals surface area contributed by atoms with E-state index in [-0.39, 0.29) is 0 Å². The average molecular weight is 202 g/mol. The van der Waals surface area contributed by atoms with Gasteiger partial charge >= 0.3 is 5.97 Å². The lowest BCUT2D eigenvalue weighted by atomic mass is 10.2. The highest BCUT2D eigenvalue weighted by molar-refractivity contribution is 5.72. The second-order valence-corrected chi connectivity index (χ2v) is 3.52. The van der Waals surface area contributed by atoms with E-state index < -0.39 is 12.0 Å². The molecule has 0 aliphatic rings. The van der Waals surface area contributed by atoms with Crippen LogP contribution in [0.15, 0.2) is 0 Å². The molecule has 14 heavy (non-hydrogen) atoms. The third-order valence-corrected chi connectivity index (χ3v) is 2.35. The lowest BCUT2D eigenvalue weighted by Gasteiger charge is -2.20. The van der Waals surface area contributed by atoms with E-state index in [0.717, 1.165) is 26.1 Å². The zero-order valence-electron chi connectivity index (χ0n) is 9.20. The smallest absolute Gasteiger partial charge is 0.320 e. The van der Waals surface area contributed by atoms with Crippen molar-refractivity contribution in [1.29, 1.82) is 0 Å². The number of rotatable bonds is 8. The van der Waals surface area contributed by atoms with Crippen molar-refractivity contribution in [2.45, 2.75) is 39.2 Å². The summed E-state index contributed by atoms with van der Waals surface area (Å²) in [6.45, 7) is 7.02. The molecule has 0 aromatic rings. The molecule has 0 fully saturated rings. The highest BCUT2D eigenvalue weighted by atomic mass is 16.4. The first-order chi connectivity index (χ1) is 6.61. The van der Waals surface area contributed by atoms with Gasteiger partial charge < -0.3 is 15.7 Å². The first kappa shape index (κ1) is 13.4. The van der Waals surface area contributed by atoms with E-state index in [1.807, 2.05) is 0 Å². The molecule has 84 valence electrons. The van der Waals surface area contributed by atoms with Crippen molar-refractivity contribution in [1.82, 2.24) is 4.90 Å². The summed E-state index contributed by atoms with van der Waals surface area (Å²) in [5.41, 5.74) is 5.42. The highest BCUT2D eigenvalue weighted by Gasteiger charge is 2.12. The van der Waals surface area contributed by atoms with E-state index in [0.29, 0.717) is 6.42 Å². The van der Waals surface area contributed by atoms with Gasteiger partial charge in [-0.3, -0.25) is 4.79 Å². The van der Waals surface area contributed by atoms with E-state index in [9.17, 15) is 4.79 Å². The van der Waals surface area contributed by atoms with Crippen LogP contribution < -0.4 is 5.73 Å². The number of carboxylic acid groups (broad SMARTS) is 1. The van der Waals surface area contributed by atoms with Crippen LogP contribution in [0.5, 0.6) is 0 Å². The third kappa shape index (κ3) is 5.94. The fraction of sp³-hybridized carbons (Fsp3) is 0.900. The molecule has 0 aliphatic heterocycles. The number of nitrogens with zero attached hydrogens (tertiary/aromatic N) is 1. The van der Waals surface area contributed by atoms with Gasteiger partial charge in [0, 0.05) is 6.54 Å². The molecular weight excluding hydrogens is 180 g/mol. The van der Waals surface area contributed by atoms with Gasteiger partial charge in [-0.15, -0.1) is 0 Å². The van der Waals surface area contributed by atoms with E-state index in [1.54, 1.807) is 0 Å². The number of carboxylic acids is 1. The molecule has 0 amide bonds. The number of nitrogens with two attached hydrogens (primary N) is 1. The third-order valence-electron chi connectivity index (χ3n) is 2.35. The minimum atomic E-state index is -0.906. The molecule has 3 N–H and O–H groups in total. The van der Waals surface area contributed by atoms with Gasteiger partial charge in [0.15, 0.2) is 0 Å². The Kier molecular flexibility index (Phi) is 7.42. The van der Waals surface area contributed by atoms with Crippen LogP contribution in [0.25, 0.3) is 0 Å². The zero-order valence-corrected chi connectivity index (χ0v) is 9.20. The van der Waals surface area contributed by atoms with E-state index in [1.165, 1.54) is 6.42 Å². The summed E-state index contributed by atoms with van der Waals surface area (Å²) in [4.78, 5) is 12.7. The van der Waals surface area contributed by atoms with Gasteiger partial charge in [-0.2, -0.15) is 0 Å². The number of aliphatic carboxylic acids is 1. The molecule has 0 bridgehead atoms. The van der Waals surface area contributed by atoms with Crippen LogP contribution in [-0.2, 0) is 4.79 Å². The first-order valence-corrected chi connectivity index (χ1v) is 5.32. The van der Waals surface area contributed by atoms with Crippen molar-refractivity contribution in [3.05, 3.63) is 0 Å². The fourth-order valence-corrected chi connectivity index (χ4v) is 1.25. The lowest BCUT2D eigenvalue weighted by Crippen LogP contribution is -2.35. The van der Waals surface area contributed by atoms with Crippen LogP contribution in [0.4, 0.5) is 0 Å². The lowest BCUT2D eigenvalue weighted by molar-refractivity contribution is -0.138. The van der Waals surface area contributed by atoms with Gasteiger partial charge in [-0.1, -0.05) is 20.3 Å². The quantitative estimate of drug-likeness (QED) is 0.614. The largest absolute Gasteiger partial charge is 0.480 e. The molecule has 1 atom stereocenters. The molecule has 0 saturated carbocycles. The Bertz CT molecular complexity index is 162. The van der Waals surface area contributed by atoms with Crippen molar-refractivity contribution in [2.75, 3.05) is 19.6 Å². The van der Waals surface area contributed by atoms with E-state index in [4.69, 9.17) is 10.8 Å². The van der Waals surface area contributed by atoms with Crippen molar-refractivity contribution in [3.8, 4) is 0 Å². The Balaban J connectivity index is 3.66. The predicted molar refractivity (Wildman–Crippen MR) is 57.3 cm³/mol. The van der Waals surface area contributed by atoms with Gasteiger partial charge in [0.25, 0.3) is 0 Å². The zero-order chi connectivity index (χ0) is 11.0. The number of unbranched alkanes of at least 4 members (excludes halogenated alkanes) is 1. The Morgan fingerprint density at radius 1 is 1.43 bits per heavy atom. The molecule has 0 spiro atoms. The summed E-state index contributed by atoms with van der Waals surface area (Å²) >= 11 is 0. The molecule has 0 aromatic heterocycles. The number of hydrogen-bond acceptors (Lipinski definition) is 3. The van der Waals surface area contributed by atoms with Crippen LogP contribution in [0.3, 0.4) is 0 Å². The van der Waals surface area contributed by atoms with E-state index in [2.05, 4.69) is 18.7 Å². The summed E-state index contributed by atoms with van der Waals surface area (Å²) in [5, 5.41) is 8.60. The maximum Gasteiger partial charge on any atom is 0.320 e. The SMILES string of the molecule is CCCCN(CC)CCC(N)C(=O)O. The molecule has 0 saturated heterocycles. The van der Waals surface area contributed by atoms with Crippen molar-refractivity contribution < 1.29 is 9.90 Å². The van der Waals surface area contributed by atoms with Crippen LogP contribution in [0.2, 0.25) is 0 Å². The Morgan fingerprint density at radius 3 is 2.50 bits per heavy atom. The fourth-order valence-electron chi connectivity index (χ4n) is 1.25.